The van der Waals surface area contributed by atoms with Gasteiger partial charge in [-0.3, -0.25) is 4.79 Å². The maximum absolute atomic E-state index is 12.3. The summed E-state index contributed by atoms with van der Waals surface area (Å²) in [6.07, 6.45) is 69.6. The summed E-state index contributed by atoms with van der Waals surface area (Å²) in [6.45, 7) is 4.17. The molecule has 0 fully saturated rings. The lowest BCUT2D eigenvalue weighted by atomic mass is 10.0. The summed E-state index contributed by atoms with van der Waals surface area (Å²) in [7, 11) is 0. The van der Waals surface area contributed by atoms with Gasteiger partial charge < -0.3 is 15.5 Å². The zero-order chi connectivity index (χ0) is 42.1. The van der Waals surface area contributed by atoms with Gasteiger partial charge in [0.1, 0.15) is 0 Å². The molecule has 0 aromatic heterocycles. The number of hydrogen-bond acceptors (Lipinski definition) is 3. The highest BCUT2D eigenvalue weighted by atomic mass is 16.3. The third-order valence-electron chi connectivity index (χ3n) is 11.5. The third kappa shape index (κ3) is 45.2. The molecule has 0 aromatic carbocycles. The van der Waals surface area contributed by atoms with Crippen molar-refractivity contribution in [2.75, 3.05) is 6.61 Å². The standard InChI is InChI=1S/C54H99NO3/c1-3-5-7-9-10-11-12-13-14-15-16-17-18-19-20-21-22-23-24-25-26-27-28-29-30-31-32-33-34-35-36-37-38-39-40-41-42-43-44-46-48-50-54(58)55-52(51-56)53(57)49-47-45-8-6-4-2/h5,7,10-11,13-14,16-17,19-20,52-53,56-57H,3-4,6,8-9,12,15,18,21-51H2,1-2H3,(H,55,58)/b7-5-,11-10-,14-13-,17-16-,20-19-. The average molecular weight is 810 g/mol. The largest absolute Gasteiger partial charge is 0.394 e. The van der Waals surface area contributed by atoms with E-state index in [2.05, 4.69) is 79.9 Å². The molecule has 0 saturated heterocycles. The van der Waals surface area contributed by atoms with Crippen LogP contribution in [0.5, 0.6) is 0 Å². The second-order valence-electron chi connectivity index (χ2n) is 17.2. The molecule has 0 aliphatic rings. The minimum atomic E-state index is -0.653. The minimum absolute atomic E-state index is 0.0358. The Morgan fingerprint density at radius 3 is 1.14 bits per heavy atom. The van der Waals surface area contributed by atoms with E-state index in [1.54, 1.807) is 0 Å². The van der Waals surface area contributed by atoms with Crippen LogP contribution in [0.3, 0.4) is 0 Å². The summed E-state index contributed by atoms with van der Waals surface area (Å²) >= 11 is 0. The summed E-state index contributed by atoms with van der Waals surface area (Å²) in [6, 6.07) is -0.530. The van der Waals surface area contributed by atoms with Gasteiger partial charge >= 0.3 is 0 Å². The van der Waals surface area contributed by atoms with Gasteiger partial charge in [-0.1, -0.05) is 254 Å². The summed E-state index contributed by atoms with van der Waals surface area (Å²) < 4.78 is 0. The number of hydrogen-bond donors (Lipinski definition) is 3. The lowest BCUT2D eigenvalue weighted by molar-refractivity contribution is -0.123. The molecular weight excluding hydrogens is 711 g/mol. The summed E-state index contributed by atoms with van der Waals surface area (Å²) in [5.41, 5.74) is 0. The molecule has 0 saturated carbocycles. The lowest BCUT2D eigenvalue weighted by Gasteiger charge is -2.22. The van der Waals surface area contributed by atoms with E-state index in [-0.39, 0.29) is 12.5 Å². The molecule has 4 nitrogen and oxygen atoms in total. The van der Waals surface area contributed by atoms with Gasteiger partial charge in [0, 0.05) is 6.42 Å². The third-order valence-corrected chi connectivity index (χ3v) is 11.5. The zero-order valence-corrected chi connectivity index (χ0v) is 38.8. The van der Waals surface area contributed by atoms with E-state index < -0.39 is 12.1 Å². The number of amides is 1. The highest BCUT2D eigenvalue weighted by molar-refractivity contribution is 5.76. The van der Waals surface area contributed by atoms with Crippen LogP contribution in [-0.4, -0.2) is 34.9 Å². The smallest absolute Gasteiger partial charge is 0.220 e. The Morgan fingerprint density at radius 1 is 0.431 bits per heavy atom. The van der Waals surface area contributed by atoms with Crippen LogP contribution in [0.4, 0.5) is 0 Å². The molecule has 0 rings (SSSR count). The maximum Gasteiger partial charge on any atom is 0.220 e. The number of carbonyl (C=O) groups is 1. The van der Waals surface area contributed by atoms with E-state index in [9.17, 15) is 15.0 Å². The van der Waals surface area contributed by atoms with Crippen LogP contribution < -0.4 is 5.32 Å². The molecule has 0 aromatic rings. The van der Waals surface area contributed by atoms with Gasteiger partial charge in [-0.15, -0.1) is 0 Å². The van der Waals surface area contributed by atoms with Gasteiger partial charge in [0.25, 0.3) is 0 Å². The van der Waals surface area contributed by atoms with Crippen LogP contribution in [0, 0.1) is 0 Å². The van der Waals surface area contributed by atoms with E-state index in [0.29, 0.717) is 12.8 Å². The second kappa shape index (κ2) is 49.5. The predicted octanol–water partition coefficient (Wildman–Crippen LogP) is 16.5. The van der Waals surface area contributed by atoms with Gasteiger partial charge in [-0.2, -0.15) is 0 Å². The first-order valence-corrected chi connectivity index (χ1v) is 25.5. The zero-order valence-electron chi connectivity index (χ0n) is 38.8. The Kier molecular flexibility index (Phi) is 47.8. The molecule has 0 aliphatic carbocycles. The van der Waals surface area contributed by atoms with Crippen molar-refractivity contribution >= 4 is 5.91 Å². The van der Waals surface area contributed by atoms with Gasteiger partial charge in [-0.05, 0) is 57.8 Å². The van der Waals surface area contributed by atoms with Crippen molar-refractivity contribution in [3.05, 3.63) is 60.8 Å². The van der Waals surface area contributed by atoms with Crippen LogP contribution in [0.1, 0.15) is 258 Å². The quantitative estimate of drug-likeness (QED) is 0.0424. The topological polar surface area (TPSA) is 69.6 Å². The number of unbranched alkanes of at least 4 members (excludes halogenated alkanes) is 29. The first-order valence-electron chi connectivity index (χ1n) is 25.5. The van der Waals surface area contributed by atoms with Crippen molar-refractivity contribution in [1.82, 2.24) is 5.32 Å². The molecule has 2 atom stereocenters. The van der Waals surface area contributed by atoms with Gasteiger partial charge in [0.15, 0.2) is 0 Å². The van der Waals surface area contributed by atoms with Crippen LogP contribution in [0.2, 0.25) is 0 Å². The average Bonchev–Trinajstić information content (AvgIpc) is 3.23. The molecule has 338 valence electrons. The van der Waals surface area contributed by atoms with Crippen LogP contribution >= 0.6 is 0 Å². The van der Waals surface area contributed by atoms with E-state index in [1.807, 2.05) is 0 Å². The lowest BCUT2D eigenvalue weighted by Crippen LogP contribution is -2.45. The monoisotopic (exact) mass is 810 g/mol. The number of rotatable bonds is 46. The maximum atomic E-state index is 12.3. The number of nitrogens with one attached hydrogen (secondary N) is 1. The Labute approximate surface area is 362 Å². The molecule has 3 N–H and O–H groups in total. The van der Waals surface area contributed by atoms with E-state index in [1.165, 1.54) is 173 Å². The summed E-state index contributed by atoms with van der Waals surface area (Å²) in [4.78, 5) is 12.3. The molecule has 4 heteroatoms. The number of carbonyl (C=O) groups excluding carboxylic acids is 1. The molecule has 0 bridgehead atoms. The molecule has 0 radical (unpaired) electrons. The fraction of sp³-hybridized carbons (Fsp3) is 0.796. The fourth-order valence-electron chi connectivity index (χ4n) is 7.68. The van der Waals surface area contributed by atoms with Crippen LogP contribution in [0.25, 0.3) is 0 Å². The van der Waals surface area contributed by atoms with Gasteiger partial charge in [-0.25, -0.2) is 0 Å². The summed E-state index contributed by atoms with van der Waals surface area (Å²) in [5.74, 6) is -0.0358. The van der Waals surface area contributed by atoms with Crippen molar-refractivity contribution in [2.24, 2.45) is 0 Å². The van der Waals surface area contributed by atoms with Crippen molar-refractivity contribution in [1.29, 1.82) is 0 Å². The van der Waals surface area contributed by atoms with E-state index >= 15 is 0 Å². The molecule has 0 spiro atoms. The van der Waals surface area contributed by atoms with Crippen molar-refractivity contribution in [3.63, 3.8) is 0 Å². The normalized spacial score (nSPS) is 13.4. The Balaban J connectivity index is 3.32. The SMILES string of the molecule is CC/C=C\C/C=C\C/C=C\C/C=C\C/C=C\CCCCCCCCCCCCCCCCCCCCCCCCCCCC(=O)NC(CO)C(O)CCCCCCC. The van der Waals surface area contributed by atoms with E-state index in [4.69, 9.17) is 0 Å². The molecular formula is C54H99NO3. The minimum Gasteiger partial charge on any atom is -0.394 e. The Morgan fingerprint density at radius 2 is 0.759 bits per heavy atom. The highest BCUT2D eigenvalue weighted by Crippen LogP contribution is 2.17. The molecule has 0 aliphatic heterocycles. The van der Waals surface area contributed by atoms with Crippen molar-refractivity contribution in [3.8, 4) is 0 Å². The number of allylic oxidation sites excluding steroid dienone is 10. The highest BCUT2D eigenvalue weighted by Gasteiger charge is 2.20. The van der Waals surface area contributed by atoms with E-state index in [0.717, 1.165) is 57.8 Å². The predicted molar refractivity (Wildman–Crippen MR) is 258 cm³/mol. The number of aliphatic hydroxyl groups is 2. The first-order chi connectivity index (χ1) is 28.7. The Hall–Kier alpha value is -1.91. The van der Waals surface area contributed by atoms with Gasteiger partial charge in [0.2, 0.25) is 5.91 Å². The van der Waals surface area contributed by atoms with Gasteiger partial charge in [0.05, 0.1) is 18.8 Å². The molecule has 58 heavy (non-hydrogen) atoms. The molecule has 2 unspecified atom stereocenters. The Bertz CT molecular complexity index is 965. The fourth-order valence-corrected chi connectivity index (χ4v) is 7.68. The van der Waals surface area contributed by atoms with Crippen molar-refractivity contribution in [2.45, 2.75) is 270 Å². The van der Waals surface area contributed by atoms with Crippen LogP contribution in [0.15, 0.2) is 60.8 Å². The second-order valence-corrected chi connectivity index (χ2v) is 17.2. The van der Waals surface area contributed by atoms with Crippen LogP contribution in [-0.2, 0) is 4.79 Å². The first kappa shape index (κ1) is 56.1. The van der Waals surface area contributed by atoms with Crippen molar-refractivity contribution < 1.29 is 15.0 Å². The molecule has 1 amide bonds. The summed E-state index contributed by atoms with van der Waals surface area (Å²) in [5, 5.41) is 22.8. The number of aliphatic hydroxyl groups excluding tert-OH is 2. The molecule has 0 heterocycles.